The number of halogens is 3. The molecule has 3 aliphatic rings. The second kappa shape index (κ2) is 17.2. The summed E-state index contributed by atoms with van der Waals surface area (Å²) in [6, 6.07) is 2.51. The van der Waals surface area contributed by atoms with E-state index in [0.717, 1.165) is 0 Å². The number of ether oxygens (including phenoxy) is 4. The molecule has 4 unspecified atom stereocenters. The zero-order valence-electron chi connectivity index (χ0n) is 30.8. The molecule has 0 spiro atoms. The van der Waals surface area contributed by atoms with Crippen LogP contribution in [-0.2, 0) is 39.8 Å². The van der Waals surface area contributed by atoms with E-state index in [1.807, 2.05) is 0 Å². The summed E-state index contributed by atoms with van der Waals surface area (Å²) in [6.07, 6.45) is -11.1. The molecule has 6 N–H and O–H groups in total. The molecule has 0 saturated carbocycles. The number of phenols is 2. The molecule has 0 radical (unpaired) electrons. The van der Waals surface area contributed by atoms with Crippen molar-refractivity contribution in [2.75, 3.05) is 13.7 Å². The first-order valence-corrected chi connectivity index (χ1v) is 18.2. The van der Waals surface area contributed by atoms with Crippen molar-refractivity contribution in [2.24, 2.45) is 0 Å². The number of carbonyl (C=O) groups excluding carboxylic acids is 5. The number of alkyl halides is 3. The van der Waals surface area contributed by atoms with Gasteiger partial charge in [-0.3, -0.25) is 28.8 Å². The lowest BCUT2D eigenvalue weighted by Crippen LogP contribution is -2.57. The van der Waals surface area contributed by atoms with Gasteiger partial charge in [0, 0.05) is 48.8 Å². The van der Waals surface area contributed by atoms with Crippen LogP contribution in [0.4, 0.5) is 13.2 Å². The number of carbonyl (C=O) groups is 6. The van der Waals surface area contributed by atoms with Gasteiger partial charge in [0.05, 0.1) is 42.0 Å². The first kappa shape index (κ1) is 43.0. The van der Waals surface area contributed by atoms with Crippen molar-refractivity contribution < 1.29 is 86.4 Å². The van der Waals surface area contributed by atoms with E-state index in [0.29, 0.717) is 32.1 Å². The van der Waals surface area contributed by atoms with Gasteiger partial charge in [-0.15, -0.1) is 0 Å². The fraction of sp³-hybridized carbons (Fsp3) is 0.526. The number of methoxy groups -OCH3 is 1. The van der Waals surface area contributed by atoms with Crippen molar-refractivity contribution in [1.82, 2.24) is 5.32 Å². The number of aromatic hydroxyl groups is 2. The third kappa shape index (κ3) is 9.06. The molecule has 1 heterocycles. The monoisotopic (exact) mass is 809 g/mol. The second-order valence-corrected chi connectivity index (χ2v) is 14.2. The number of amides is 1. The van der Waals surface area contributed by atoms with E-state index < -0.39 is 132 Å². The van der Waals surface area contributed by atoms with Crippen LogP contribution in [0.1, 0.15) is 114 Å². The van der Waals surface area contributed by atoms with Crippen molar-refractivity contribution in [3.8, 4) is 17.2 Å². The quantitative estimate of drug-likeness (QED) is 0.0733. The Bertz CT molecular complexity index is 1950. The number of unbranched alkanes of at least 4 members (excludes halogenated alkanes) is 4. The summed E-state index contributed by atoms with van der Waals surface area (Å²) in [4.78, 5) is 76.3. The number of phenolic OH excluding ortho intramolecular Hbond substituents is 2. The number of hydrogen-bond acceptors (Lipinski definition) is 14. The molecule has 1 aliphatic heterocycles. The normalized spacial score (nSPS) is 24.2. The third-order valence-electron chi connectivity index (χ3n) is 10.3. The fourth-order valence-electron chi connectivity index (χ4n) is 7.39. The number of aliphatic hydroxyl groups excluding tert-OH is 1. The molecule has 1 fully saturated rings. The number of aliphatic carboxylic acids is 1. The van der Waals surface area contributed by atoms with Gasteiger partial charge in [-0.1, -0.05) is 31.4 Å². The van der Waals surface area contributed by atoms with Crippen molar-refractivity contribution in [2.45, 2.75) is 114 Å². The summed E-state index contributed by atoms with van der Waals surface area (Å²) in [5, 5.41) is 56.3. The van der Waals surface area contributed by atoms with E-state index in [2.05, 4.69) is 0 Å². The number of esters is 1. The Balaban J connectivity index is 1.45. The summed E-state index contributed by atoms with van der Waals surface area (Å²) in [6.45, 7) is 0.303. The van der Waals surface area contributed by atoms with Gasteiger partial charge in [0.15, 0.2) is 18.7 Å². The highest BCUT2D eigenvalue weighted by molar-refractivity contribution is 6.31. The number of benzene rings is 2. The van der Waals surface area contributed by atoms with Crippen LogP contribution in [0.25, 0.3) is 0 Å². The lowest BCUT2D eigenvalue weighted by Gasteiger charge is -2.43. The molecule has 1 saturated heterocycles. The van der Waals surface area contributed by atoms with Crippen molar-refractivity contribution in [3.63, 3.8) is 0 Å². The van der Waals surface area contributed by atoms with Gasteiger partial charge >= 0.3 is 24.0 Å². The predicted octanol–water partition coefficient (Wildman–Crippen LogP) is 3.09. The van der Waals surface area contributed by atoms with Gasteiger partial charge in [-0.2, -0.15) is 13.2 Å². The number of carboxylic acids is 1. The first-order valence-electron chi connectivity index (χ1n) is 18.2. The van der Waals surface area contributed by atoms with Crippen LogP contribution in [0.3, 0.4) is 0 Å². The highest BCUT2D eigenvalue weighted by atomic mass is 19.4. The molecule has 16 nitrogen and oxygen atoms in total. The van der Waals surface area contributed by atoms with Crippen LogP contribution in [0.2, 0.25) is 0 Å². The smallest absolute Gasteiger partial charge is 0.471 e. The third-order valence-corrected chi connectivity index (χ3v) is 10.3. The van der Waals surface area contributed by atoms with Crippen LogP contribution < -0.4 is 10.1 Å². The maximum absolute atomic E-state index is 13.9. The van der Waals surface area contributed by atoms with Gasteiger partial charge in [0.25, 0.3) is 0 Å². The molecule has 0 aromatic heterocycles. The average molecular weight is 810 g/mol. The molecule has 1 amide bonds. The van der Waals surface area contributed by atoms with E-state index in [4.69, 9.17) is 24.1 Å². The summed E-state index contributed by atoms with van der Waals surface area (Å²) in [5.74, 6) is -8.81. The maximum atomic E-state index is 13.9. The summed E-state index contributed by atoms with van der Waals surface area (Å²) in [5.41, 5.74) is -5.05. The number of fused-ring (bicyclic) bond motifs is 3. The van der Waals surface area contributed by atoms with E-state index in [1.54, 1.807) is 5.32 Å². The molecule has 2 aromatic rings. The standard InChI is InChI=1S/C38H42F3NO15/c1-17-31(47)20(42-36(52)38(39,40)41)13-26(56-17)57-22-15-37(53,23(43)16-55-25(46)12-7-5-3-4-6-11-24(44)45)14-19-28(22)35(51)30-29(33(19)49)32(48)18-9-8-10-21(54-2)27(18)34(30)50/h8-10,17,20,22,26,31,47,49,51,53H,3-7,11-16H2,1-2H3,(H,42,52)(H,44,45)/t17?,20?,22-,26?,31?,37-/m0/s1. The van der Waals surface area contributed by atoms with Gasteiger partial charge in [-0.25, -0.2) is 0 Å². The average Bonchev–Trinajstić information content (AvgIpc) is 3.14. The zero-order chi connectivity index (χ0) is 42.0. The summed E-state index contributed by atoms with van der Waals surface area (Å²) < 4.78 is 61.5. The Kier molecular flexibility index (Phi) is 13.0. The number of carboxylic acid groups (broad SMARTS) is 1. The molecule has 57 heavy (non-hydrogen) atoms. The molecular formula is C38H42F3NO15. The van der Waals surface area contributed by atoms with Crippen molar-refractivity contribution >= 4 is 35.2 Å². The molecule has 19 heteroatoms. The van der Waals surface area contributed by atoms with E-state index >= 15 is 0 Å². The molecule has 5 rings (SSSR count). The minimum absolute atomic E-state index is 0.0253. The maximum Gasteiger partial charge on any atom is 0.471 e. The molecule has 310 valence electrons. The molecular weight excluding hydrogens is 767 g/mol. The number of ketones is 3. The van der Waals surface area contributed by atoms with Crippen molar-refractivity contribution in [1.29, 1.82) is 0 Å². The van der Waals surface area contributed by atoms with Crippen LogP contribution in [0, 0.1) is 0 Å². The highest BCUT2D eigenvalue weighted by Crippen LogP contribution is 2.52. The molecule has 2 aliphatic carbocycles. The number of hydrogen-bond donors (Lipinski definition) is 6. The van der Waals surface area contributed by atoms with Crippen LogP contribution >= 0.6 is 0 Å². The van der Waals surface area contributed by atoms with Gasteiger partial charge in [-0.05, 0) is 25.8 Å². The molecule has 2 aromatic carbocycles. The molecule has 6 atom stereocenters. The lowest BCUT2D eigenvalue weighted by molar-refractivity contribution is -0.250. The van der Waals surface area contributed by atoms with Gasteiger partial charge in [0.2, 0.25) is 11.6 Å². The van der Waals surface area contributed by atoms with Crippen LogP contribution in [0.5, 0.6) is 17.2 Å². The summed E-state index contributed by atoms with van der Waals surface area (Å²) >= 11 is 0. The number of nitrogens with one attached hydrogen (secondary N) is 1. The van der Waals surface area contributed by atoms with E-state index in [-0.39, 0.29) is 35.3 Å². The SMILES string of the molecule is COc1cccc2c1C(=O)c1c(O)c3c(c(O)c1C2=O)C[C@@](O)(C(=O)COC(=O)CCCCCCCC(=O)O)C[C@@H]3OC1CC(NC(=O)C(F)(F)F)C(O)C(C)O1. The first-order chi connectivity index (χ1) is 26.8. The summed E-state index contributed by atoms with van der Waals surface area (Å²) in [7, 11) is 1.24. The van der Waals surface area contributed by atoms with Crippen LogP contribution in [0.15, 0.2) is 18.2 Å². The van der Waals surface area contributed by atoms with Gasteiger partial charge in [0.1, 0.15) is 29.0 Å². The lowest BCUT2D eigenvalue weighted by atomic mass is 9.72. The number of rotatable bonds is 15. The minimum Gasteiger partial charge on any atom is -0.507 e. The predicted molar refractivity (Wildman–Crippen MR) is 186 cm³/mol. The Morgan fingerprint density at radius 3 is 2.26 bits per heavy atom. The van der Waals surface area contributed by atoms with E-state index in [9.17, 15) is 62.4 Å². The second-order valence-electron chi connectivity index (χ2n) is 14.2. The largest absolute Gasteiger partial charge is 0.507 e. The fourth-order valence-corrected chi connectivity index (χ4v) is 7.39. The Morgan fingerprint density at radius 2 is 1.61 bits per heavy atom. The Morgan fingerprint density at radius 1 is 0.965 bits per heavy atom. The number of Topliss-reactive ketones (excluding diaryl/α,β-unsaturated/α-hetero) is 1. The topological polar surface area (TPSA) is 253 Å². The minimum atomic E-state index is -5.31. The highest BCUT2D eigenvalue weighted by Gasteiger charge is 2.51. The zero-order valence-corrected chi connectivity index (χ0v) is 30.8. The Hall–Kier alpha value is -5.11. The number of aliphatic hydroxyl groups is 2. The Labute approximate surface area is 322 Å². The van der Waals surface area contributed by atoms with Crippen LogP contribution in [-0.4, -0.2) is 111 Å². The van der Waals surface area contributed by atoms with Gasteiger partial charge < -0.3 is 49.8 Å². The van der Waals surface area contributed by atoms with E-state index in [1.165, 1.54) is 32.2 Å². The van der Waals surface area contributed by atoms with Crippen molar-refractivity contribution in [3.05, 3.63) is 51.6 Å². The molecule has 0 bridgehead atoms.